The lowest BCUT2D eigenvalue weighted by atomic mass is 10.0. The molecule has 6 heteroatoms. The Kier molecular flexibility index (Phi) is 5.98. The third-order valence-electron chi connectivity index (χ3n) is 4.96. The van der Waals surface area contributed by atoms with E-state index in [0.29, 0.717) is 11.3 Å². The van der Waals surface area contributed by atoms with Crippen molar-refractivity contribution < 1.29 is 14.3 Å². The number of esters is 1. The van der Waals surface area contributed by atoms with Gasteiger partial charge in [-0.2, -0.15) is 0 Å². The Bertz CT molecular complexity index is 1210. The molecule has 154 valence electrons. The third kappa shape index (κ3) is 4.75. The number of aromatic nitrogens is 2. The second-order valence-corrected chi connectivity index (χ2v) is 7.05. The SMILES string of the molecule is COC(=O)[C@@H](Cc1cnc2ccccc2n1)NC(=O)c1ccc(-c2ccccc2)cc1. The van der Waals surface area contributed by atoms with Crippen LogP contribution in [0.1, 0.15) is 16.1 Å². The number of rotatable bonds is 6. The molecule has 4 aromatic rings. The Balaban J connectivity index is 1.50. The summed E-state index contributed by atoms with van der Waals surface area (Å²) >= 11 is 0. The standard InChI is InChI=1S/C25H21N3O3/c1-31-25(30)23(15-20-16-26-21-9-5-6-10-22(21)27-20)28-24(29)19-13-11-18(12-14-19)17-7-3-2-4-8-17/h2-14,16,23H,15H2,1H3,(H,28,29)/t23-/m1/s1. The molecule has 0 spiro atoms. The zero-order valence-corrected chi connectivity index (χ0v) is 17.0. The molecule has 0 bridgehead atoms. The van der Waals surface area contributed by atoms with E-state index in [9.17, 15) is 9.59 Å². The van der Waals surface area contributed by atoms with Crippen molar-refractivity contribution in [3.8, 4) is 11.1 Å². The van der Waals surface area contributed by atoms with Crippen LogP contribution in [0.15, 0.2) is 85.1 Å². The lowest BCUT2D eigenvalue weighted by Gasteiger charge is -2.16. The fourth-order valence-corrected chi connectivity index (χ4v) is 3.32. The van der Waals surface area contributed by atoms with E-state index < -0.39 is 12.0 Å². The molecule has 0 fully saturated rings. The molecule has 3 aromatic carbocycles. The molecule has 0 saturated heterocycles. The monoisotopic (exact) mass is 411 g/mol. The van der Waals surface area contributed by atoms with E-state index in [4.69, 9.17) is 4.74 Å². The first kappa shape index (κ1) is 20.2. The summed E-state index contributed by atoms with van der Waals surface area (Å²) < 4.78 is 4.88. The van der Waals surface area contributed by atoms with Gasteiger partial charge in [0.1, 0.15) is 6.04 Å². The number of carbonyl (C=O) groups is 2. The molecular formula is C25H21N3O3. The van der Waals surface area contributed by atoms with Crippen molar-refractivity contribution in [2.45, 2.75) is 12.5 Å². The first-order valence-electron chi connectivity index (χ1n) is 9.89. The number of para-hydroxylation sites is 2. The normalized spacial score (nSPS) is 11.6. The Morgan fingerprint density at radius 3 is 2.23 bits per heavy atom. The Morgan fingerprint density at radius 1 is 0.871 bits per heavy atom. The minimum Gasteiger partial charge on any atom is -0.467 e. The zero-order chi connectivity index (χ0) is 21.6. The van der Waals surface area contributed by atoms with Crippen LogP contribution in [0, 0.1) is 0 Å². The number of methoxy groups -OCH3 is 1. The van der Waals surface area contributed by atoms with E-state index in [0.717, 1.165) is 22.2 Å². The second-order valence-electron chi connectivity index (χ2n) is 7.05. The van der Waals surface area contributed by atoms with Gasteiger partial charge in [-0.05, 0) is 35.4 Å². The van der Waals surface area contributed by atoms with E-state index in [2.05, 4.69) is 15.3 Å². The van der Waals surface area contributed by atoms with Crippen LogP contribution in [0.25, 0.3) is 22.2 Å². The number of hydrogen-bond acceptors (Lipinski definition) is 5. The van der Waals surface area contributed by atoms with Gasteiger partial charge in [0.2, 0.25) is 0 Å². The highest BCUT2D eigenvalue weighted by molar-refractivity contribution is 5.97. The smallest absolute Gasteiger partial charge is 0.328 e. The first-order valence-corrected chi connectivity index (χ1v) is 9.89. The van der Waals surface area contributed by atoms with Crippen molar-refractivity contribution in [3.05, 3.63) is 96.3 Å². The molecular weight excluding hydrogens is 390 g/mol. The molecule has 0 aliphatic rings. The van der Waals surface area contributed by atoms with Crippen LogP contribution >= 0.6 is 0 Å². The van der Waals surface area contributed by atoms with Gasteiger partial charge in [0, 0.05) is 18.2 Å². The molecule has 1 amide bonds. The van der Waals surface area contributed by atoms with Gasteiger partial charge >= 0.3 is 5.97 Å². The topological polar surface area (TPSA) is 81.2 Å². The summed E-state index contributed by atoms with van der Waals surface area (Å²) in [5.74, 6) is -0.895. The number of amides is 1. The zero-order valence-electron chi connectivity index (χ0n) is 17.0. The largest absolute Gasteiger partial charge is 0.467 e. The summed E-state index contributed by atoms with van der Waals surface area (Å²) in [4.78, 5) is 34.0. The molecule has 0 unspecified atom stereocenters. The molecule has 0 saturated carbocycles. The third-order valence-corrected chi connectivity index (χ3v) is 4.96. The molecule has 1 heterocycles. The molecule has 0 radical (unpaired) electrons. The van der Waals surface area contributed by atoms with Crippen LogP contribution in [0.2, 0.25) is 0 Å². The van der Waals surface area contributed by atoms with Crippen molar-refractivity contribution in [1.29, 1.82) is 0 Å². The summed E-state index contributed by atoms with van der Waals surface area (Å²) in [5.41, 5.74) is 4.62. The summed E-state index contributed by atoms with van der Waals surface area (Å²) in [6, 6.07) is 23.7. The molecule has 1 N–H and O–H groups in total. The van der Waals surface area contributed by atoms with Crippen molar-refractivity contribution >= 4 is 22.9 Å². The van der Waals surface area contributed by atoms with Gasteiger partial charge in [0.15, 0.2) is 0 Å². The van der Waals surface area contributed by atoms with Gasteiger partial charge in [0.25, 0.3) is 5.91 Å². The molecule has 1 aromatic heterocycles. The van der Waals surface area contributed by atoms with Crippen molar-refractivity contribution in [3.63, 3.8) is 0 Å². The fraction of sp³-hybridized carbons (Fsp3) is 0.120. The van der Waals surface area contributed by atoms with Crippen LogP contribution < -0.4 is 5.32 Å². The highest BCUT2D eigenvalue weighted by Gasteiger charge is 2.23. The molecule has 6 nitrogen and oxygen atoms in total. The first-order chi connectivity index (χ1) is 15.1. The van der Waals surface area contributed by atoms with Crippen LogP contribution in [0.3, 0.4) is 0 Å². The fourth-order valence-electron chi connectivity index (χ4n) is 3.32. The van der Waals surface area contributed by atoms with Gasteiger partial charge in [-0.25, -0.2) is 9.78 Å². The van der Waals surface area contributed by atoms with Gasteiger partial charge in [-0.15, -0.1) is 0 Å². The average molecular weight is 411 g/mol. The number of ether oxygens (including phenoxy) is 1. The minimum atomic E-state index is -0.873. The maximum atomic E-state index is 12.8. The highest BCUT2D eigenvalue weighted by atomic mass is 16.5. The number of fused-ring (bicyclic) bond motifs is 1. The predicted molar refractivity (Wildman–Crippen MR) is 118 cm³/mol. The van der Waals surface area contributed by atoms with Gasteiger partial charge < -0.3 is 10.1 Å². The molecule has 0 aliphatic carbocycles. The average Bonchev–Trinajstić information content (AvgIpc) is 2.83. The van der Waals surface area contributed by atoms with Crippen LogP contribution in [-0.4, -0.2) is 35.0 Å². The number of nitrogens with zero attached hydrogens (tertiary/aromatic N) is 2. The van der Waals surface area contributed by atoms with Crippen LogP contribution in [-0.2, 0) is 16.0 Å². The van der Waals surface area contributed by atoms with Crippen molar-refractivity contribution in [2.24, 2.45) is 0 Å². The number of carbonyl (C=O) groups excluding carboxylic acids is 2. The molecule has 1 atom stereocenters. The lowest BCUT2D eigenvalue weighted by molar-refractivity contribution is -0.142. The maximum Gasteiger partial charge on any atom is 0.328 e. The van der Waals surface area contributed by atoms with Crippen LogP contribution in [0.4, 0.5) is 0 Å². The van der Waals surface area contributed by atoms with Gasteiger partial charge in [-0.1, -0.05) is 54.6 Å². The van der Waals surface area contributed by atoms with Crippen molar-refractivity contribution in [1.82, 2.24) is 15.3 Å². The molecule has 4 rings (SSSR count). The van der Waals surface area contributed by atoms with Gasteiger partial charge in [-0.3, -0.25) is 9.78 Å². The highest BCUT2D eigenvalue weighted by Crippen LogP contribution is 2.19. The minimum absolute atomic E-state index is 0.179. The number of hydrogen-bond donors (Lipinski definition) is 1. The van der Waals surface area contributed by atoms with E-state index in [-0.39, 0.29) is 12.3 Å². The van der Waals surface area contributed by atoms with E-state index in [1.807, 2.05) is 66.7 Å². The van der Waals surface area contributed by atoms with E-state index in [1.165, 1.54) is 7.11 Å². The van der Waals surface area contributed by atoms with Crippen LogP contribution in [0.5, 0.6) is 0 Å². The number of nitrogens with one attached hydrogen (secondary N) is 1. The summed E-state index contributed by atoms with van der Waals surface area (Å²) in [5, 5.41) is 2.76. The molecule has 0 aliphatic heterocycles. The Labute approximate surface area is 179 Å². The summed E-state index contributed by atoms with van der Waals surface area (Å²) in [6.07, 6.45) is 1.79. The van der Waals surface area contributed by atoms with Crippen molar-refractivity contribution in [2.75, 3.05) is 7.11 Å². The second kappa shape index (κ2) is 9.17. The summed E-state index contributed by atoms with van der Waals surface area (Å²) in [6.45, 7) is 0. The van der Waals surface area contributed by atoms with E-state index >= 15 is 0 Å². The van der Waals surface area contributed by atoms with E-state index in [1.54, 1.807) is 18.3 Å². The van der Waals surface area contributed by atoms with Gasteiger partial charge in [0.05, 0.1) is 23.8 Å². The Morgan fingerprint density at radius 2 is 1.52 bits per heavy atom. The quantitative estimate of drug-likeness (QED) is 0.488. The molecule has 31 heavy (non-hydrogen) atoms. The lowest BCUT2D eigenvalue weighted by Crippen LogP contribution is -2.43. The summed E-state index contributed by atoms with van der Waals surface area (Å²) in [7, 11) is 1.29. The predicted octanol–water partition coefficient (Wildman–Crippen LogP) is 3.81. The Hall–Kier alpha value is -4.06. The maximum absolute atomic E-state index is 12.8. The number of benzene rings is 3.